The summed E-state index contributed by atoms with van der Waals surface area (Å²) in [5.74, 6) is 8.26. The highest BCUT2D eigenvalue weighted by Gasteiger charge is 2.30. The zero-order chi connectivity index (χ0) is 14.7. The van der Waals surface area contributed by atoms with E-state index in [0.29, 0.717) is 5.92 Å². The molecule has 0 spiro atoms. The van der Waals surface area contributed by atoms with Crippen LogP contribution in [0.15, 0.2) is 12.1 Å². The lowest BCUT2D eigenvalue weighted by Gasteiger charge is -2.34. The number of hydrogen-bond acceptors (Lipinski definition) is 3. The van der Waals surface area contributed by atoms with E-state index in [2.05, 4.69) is 38.3 Å². The van der Waals surface area contributed by atoms with Gasteiger partial charge in [0.05, 0.1) is 13.2 Å². The van der Waals surface area contributed by atoms with E-state index in [4.69, 9.17) is 10.6 Å². The summed E-state index contributed by atoms with van der Waals surface area (Å²) >= 11 is 0. The molecule has 20 heavy (non-hydrogen) atoms. The molecule has 0 heterocycles. The van der Waals surface area contributed by atoms with Crippen LogP contribution in [0.5, 0.6) is 5.75 Å². The van der Waals surface area contributed by atoms with E-state index in [9.17, 15) is 0 Å². The summed E-state index contributed by atoms with van der Waals surface area (Å²) in [7, 11) is 1.74. The summed E-state index contributed by atoms with van der Waals surface area (Å²) in [4.78, 5) is 0. The number of benzene rings is 1. The largest absolute Gasteiger partial charge is 0.496 e. The van der Waals surface area contributed by atoms with E-state index in [1.54, 1.807) is 7.11 Å². The standard InChI is InChI=1S/C17H28N2O/c1-11-6-5-7-14(9-11)17(19-18)16-13(3)8-12(2)10-15(16)20-4/h8,10-11,14,17,19H,5-7,9,18H2,1-4H3. The Morgan fingerprint density at radius 1 is 1.30 bits per heavy atom. The third kappa shape index (κ3) is 3.15. The summed E-state index contributed by atoms with van der Waals surface area (Å²) < 4.78 is 5.61. The van der Waals surface area contributed by atoms with Crippen molar-refractivity contribution >= 4 is 0 Å². The first-order chi connectivity index (χ1) is 9.56. The molecule has 3 heteroatoms. The van der Waals surface area contributed by atoms with E-state index < -0.39 is 0 Å². The van der Waals surface area contributed by atoms with Crippen LogP contribution in [0, 0.1) is 25.7 Å². The molecule has 1 aromatic rings. The van der Waals surface area contributed by atoms with E-state index in [-0.39, 0.29) is 6.04 Å². The van der Waals surface area contributed by atoms with Crippen molar-refractivity contribution < 1.29 is 4.74 Å². The van der Waals surface area contributed by atoms with Gasteiger partial charge >= 0.3 is 0 Å². The fraction of sp³-hybridized carbons (Fsp3) is 0.647. The molecule has 1 aliphatic carbocycles. The Bertz CT molecular complexity index is 459. The number of rotatable bonds is 4. The van der Waals surface area contributed by atoms with Gasteiger partial charge in [-0.3, -0.25) is 11.3 Å². The Kier molecular flexibility index (Phi) is 5.06. The molecule has 1 fully saturated rings. The summed E-state index contributed by atoms with van der Waals surface area (Å²) in [6.45, 7) is 6.60. The highest BCUT2D eigenvalue weighted by Crippen LogP contribution is 2.41. The van der Waals surface area contributed by atoms with Crippen LogP contribution < -0.4 is 16.0 Å². The molecular formula is C17H28N2O. The second-order valence-corrected chi connectivity index (χ2v) is 6.37. The van der Waals surface area contributed by atoms with Gasteiger partial charge in [0.1, 0.15) is 5.75 Å². The number of nitrogens with one attached hydrogen (secondary N) is 1. The normalized spacial score (nSPS) is 24.4. The molecule has 1 saturated carbocycles. The molecule has 1 aromatic carbocycles. The zero-order valence-electron chi connectivity index (χ0n) is 13.2. The lowest BCUT2D eigenvalue weighted by atomic mass is 9.76. The fourth-order valence-electron chi connectivity index (χ4n) is 3.75. The topological polar surface area (TPSA) is 47.3 Å². The first kappa shape index (κ1) is 15.3. The Balaban J connectivity index is 2.36. The summed E-state index contributed by atoms with van der Waals surface area (Å²) in [5, 5.41) is 0. The molecule has 0 saturated heterocycles. The minimum atomic E-state index is 0.188. The van der Waals surface area contributed by atoms with Gasteiger partial charge in [0.25, 0.3) is 0 Å². The third-order valence-corrected chi connectivity index (χ3v) is 4.65. The molecule has 0 amide bonds. The van der Waals surface area contributed by atoms with Crippen molar-refractivity contribution in [2.75, 3.05) is 7.11 Å². The van der Waals surface area contributed by atoms with Gasteiger partial charge in [-0.2, -0.15) is 0 Å². The molecule has 3 atom stereocenters. The van der Waals surface area contributed by atoms with Gasteiger partial charge in [-0.1, -0.05) is 25.8 Å². The predicted molar refractivity (Wildman–Crippen MR) is 83.7 cm³/mol. The minimum Gasteiger partial charge on any atom is -0.496 e. The van der Waals surface area contributed by atoms with Crippen LogP contribution in [-0.4, -0.2) is 7.11 Å². The van der Waals surface area contributed by atoms with Crippen LogP contribution in [0.25, 0.3) is 0 Å². The van der Waals surface area contributed by atoms with Crippen LogP contribution in [0.4, 0.5) is 0 Å². The smallest absolute Gasteiger partial charge is 0.124 e. The molecule has 1 aliphatic rings. The van der Waals surface area contributed by atoms with Crippen LogP contribution in [-0.2, 0) is 0 Å². The molecule has 2 rings (SSSR count). The van der Waals surface area contributed by atoms with Crippen LogP contribution >= 0.6 is 0 Å². The predicted octanol–water partition coefficient (Wildman–Crippen LogP) is 3.64. The second kappa shape index (κ2) is 6.59. The van der Waals surface area contributed by atoms with Gasteiger partial charge < -0.3 is 4.74 Å². The minimum absolute atomic E-state index is 0.188. The van der Waals surface area contributed by atoms with Crippen molar-refractivity contribution in [1.29, 1.82) is 0 Å². The Hall–Kier alpha value is -1.06. The van der Waals surface area contributed by atoms with Crippen molar-refractivity contribution in [2.24, 2.45) is 17.7 Å². The van der Waals surface area contributed by atoms with Gasteiger partial charge in [0.15, 0.2) is 0 Å². The number of ether oxygens (including phenoxy) is 1. The maximum atomic E-state index is 5.91. The molecule has 0 bridgehead atoms. The molecule has 3 unspecified atom stereocenters. The monoisotopic (exact) mass is 276 g/mol. The zero-order valence-corrected chi connectivity index (χ0v) is 13.2. The molecule has 0 aromatic heterocycles. The Labute approximate surface area is 122 Å². The van der Waals surface area contributed by atoms with Crippen LogP contribution in [0.3, 0.4) is 0 Å². The SMILES string of the molecule is COc1cc(C)cc(C)c1C(NN)C1CCCC(C)C1. The first-order valence-electron chi connectivity index (χ1n) is 7.68. The van der Waals surface area contributed by atoms with Crippen molar-refractivity contribution in [3.8, 4) is 5.75 Å². The number of hydrogen-bond donors (Lipinski definition) is 2. The van der Waals surface area contributed by atoms with Crippen molar-refractivity contribution in [3.63, 3.8) is 0 Å². The Morgan fingerprint density at radius 2 is 2.05 bits per heavy atom. The highest BCUT2D eigenvalue weighted by molar-refractivity contribution is 5.45. The van der Waals surface area contributed by atoms with Gasteiger partial charge in [0, 0.05) is 5.56 Å². The van der Waals surface area contributed by atoms with Gasteiger partial charge in [-0.25, -0.2) is 0 Å². The second-order valence-electron chi connectivity index (χ2n) is 6.37. The quantitative estimate of drug-likeness (QED) is 0.652. The van der Waals surface area contributed by atoms with Crippen LogP contribution in [0.1, 0.15) is 55.3 Å². The van der Waals surface area contributed by atoms with Crippen LogP contribution in [0.2, 0.25) is 0 Å². The van der Waals surface area contributed by atoms with Crippen molar-refractivity contribution in [1.82, 2.24) is 5.43 Å². The lowest BCUT2D eigenvalue weighted by molar-refractivity contribution is 0.221. The average molecular weight is 276 g/mol. The van der Waals surface area contributed by atoms with Gasteiger partial charge in [-0.05, 0) is 55.7 Å². The Morgan fingerprint density at radius 3 is 2.65 bits per heavy atom. The van der Waals surface area contributed by atoms with E-state index >= 15 is 0 Å². The number of nitrogens with two attached hydrogens (primary N) is 1. The lowest BCUT2D eigenvalue weighted by Crippen LogP contribution is -2.36. The first-order valence-corrected chi connectivity index (χ1v) is 7.68. The molecular weight excluding hydrogens is 248 g/mol. The van der Waals surface area contributed by atoms with E-state index in [1.165, 1.54) is 42.4 Å². The molecule has 0 aliphatic heterocycles. The molecule has 0 radical (unpaired) electrons. The summed E-state index contributed by atoms with van der Waals surface area (Å²) in [6, 6.07) is 4.52. The number of methoxy groups -OCH3 is 1. The van der Waals surface area contributed by atoms with Gasteiger partial charge in [-0.15, -0.1) is 0 Å². The fourth-order valence-corrected chi connectivity index (χ4v) is 3.75. The number of aryl methyl sites for hydroxylation is 2. The number of hydrazine groups is 1. The van der Waals surface area contributed by atoms with E-state index in [1.807, 2.05) is 0 Å². The van der Waals surface area contributed by atoms with Crippen molar-refractivity contribution in [2.45, 2.75) is 52.5 Å². The summed E-state index contributed by atoms with van der Waals surface area (Å²) in [5.41, 5.74) is 6.80. The highest BCUT2D eigenvalue weighted by atomic mass is 16.5. The average Bonchev–Trinajstić information content (AvgIpc) is 2.41. The van der Waals surface area contributed by atoms with Crippen molar-refractivity contribution in [3.05, 3.63) is 28.8 Å². The molecule has 112 valence electrons. The molecule has 3 nitrogen and oxygen atoms in total. The van der Waals surface area contributed by atoms with E-state index in [0.717, 1.165) is 11.7 Å². The summed E-state index contributed by atoms with van der Waals surface area (Å²) in [6.07, 6.45) is 5.13. The maximum Gasteiger partial charge on any atom is 0.124 e. The third-order valence-electron chi connectivity index (χ3n) is 4.65. The maximum absolute atomic E-state index is 5.91. The van der Waals surface area contributed by atoms with Gasteiger partial charge in [0.2, 0.25) is 0 Å². The molecule has 3 N–H and O–H groups in total.